The van der Waals surface area contributed by atoms with E-state index >= 15 is 0 Å². The Morgan fingerprint density at radius 1 is 1.86 bits per heavy atom. The molecule has 0 aliphatic carbocycles. The average Bonchev–Trinajstić information content (AvgIpc) is 1.91. The summed E-state index contributed by atoms with van der Waals surface area (Å²) in [6.45, 7) is 0. The topological polar surface area (TPSA) is 52.5 Å². The zero-order valence-corrected chi connectivity index (χ0v) is 4.99. The molecule has 0 aliphatic rings. The van der Waals surface area contributed by atoms with Crippen LogP contribution in [0.4, 0.5) is 5.69 Å². The molecule has 1 heterocycles. The van der Waals surface area contributed by atoms with Crippen LogP contribution >= 0.6 is 15.9 Å². The lowest BCUT2D eigenvalue weighted by Gasteiger charge is -1.75. The molecule has 0 amide bonds. The van der Waals surface area contributed by atoms with Crippen molar-refractivity contribution in [3.8, 4) is 0 Å². The van der Waals surface area contributed by atoms with E-state index in [4.69, 9.17) is 5.73 Å². The maximum atomic E-state index is 6.96. The largest absolute Gasteiger partial charge is 0.297 e. The van der Waals surface area contributed by atoms with E-state index in [1.807, 2.05) is 0 Å². The molecule has 0 saturated carbocycles. The third kappa shape index (κ3) is 0.742. The zero-order chi connectivity index (χ0) is 5.28. The highest BCUT2D eigenvalue weighted by molar-refractivity contribution is 9.10. The standard InChI is InChI=1S/C3H3BrN3/c4-3-2(5)1-6-7-3/h1,5H,(H,6,7). The molecule has 1 aromatic heterocycles. The van der Waals surface area contributed by atoms with Gasteiger partial charge >= 0.3 is 0 Å². The summed E-state index contributed by atoms with van der Waals surface area (Å²) in [5, 5.41) is 6.11. The normalized spacial score (nSPS) is 9.29. The minimum atomic E-state index is 0.389. The fourth-order valence-corrected chi connectivity index (χ4v) is 0.475. The zero-order valence-electron chi connectivity index (χ0n) is 3.40. The molecule has 0 fully saturated rings. The van der Waals surface area contributed by atoms with Crippen LogP contribution in [0.1, 0.15) is 0 Å². The molecule has 0 spiro atoms. The highest BCUT2D eigenvalue weighted by atomic mass is 79.9. The van der Waals surface area contributed by atoms with Gasteiger partial charge in [0.2, 0.25) is 0 Å². The lowest BCUT2D eigenvalue weighted by Crippen LogP contribution is -1.62. The highest BCUT2D eigenvalue weighted by Crippen LogP contribution is 2.13. The number of hydrogen-bond acceptors (Lipinski definition) is 1. The summed E-state index contributed by atoms with van der Waals surface area (Å²) in [5.41, 5.74) is 7.35. The molecule has 37 valence electrons. The van der Waals surface area contributed by atoms with E-state index in [1.165, 1.54) is 6.20 Å². The minimum absolute atomic E-state index is 0.389. The molecule has 1 rings (SSSR count). The smallest absolute Gasteiger partial charge is 0.125 e. The van der Waals surface area contributed by atoms with Crippen LogP contribution in [-0.2, 0) is 0 Å². The maximum absolute atomic E-state index is 6.96. The SMILES string of the molecule is [NH]c1cn[nH]c1Br. The van der Waals surface area contributed by atoms with Crippen molar-refractivity contribution in [2.24, 2.45) is 0 Å². The van der Waals surface area contributed by atoms with Crippen LogP contribution in [-0.4, -0.2) is 10.2 Å². The second-order valence-corrected chi connectivity index (χ2v) is 1.89. The van der Waals surface area contributed by atoms with Crippen molar-refractivity contribution >= 4 is 21.6 Å². The van der Waals surface area contributed by atoms with E-state index in [2.05, 4.69) is 26.1 Å². The molecule has 3 nitrogen and oxygen atoms in total. The Hall–Kier alpha value is -0.510. The fourth-order valence-electron chi connectivity index (χ4n) is 0.270. The summed E-state index contributed by atoms with van der Waals surface area (Å²) in [4.78, 5) is 0. The Morgan fingerprint density at radius 3 is 2.71 bits per heavy atom. The lowest BCUT2D eigenvalue weighted by atomic mass is 10.6. The molecule has 0 atom stereocenters. The highest BCUT2D eigenvalue weighted by Gasteiger charge is 1.91. The van der Waals surface area contributed by atoms with Crippen LogP contribution < -0.4 is 5.73 Å². The Kier molecular flexibility index (Phi) is 1.02. The van der Waals surface area contributed by atoms with Gasteiger partial charge in [-0.2, -0.15) is 5.10 Å². The van der Waals surface area contributed by atoms with Crippen molar-refractivity contribution in [1.82, 2.24) is 15.9 Å². The van der Waals surface area contributed by atoms with E-state index in [0.29, 0.717) is 10.3 Å². The molecule has 7 heavy (non-hydrogen) atoms. The summed E-state index contributed by atoms with van der Waals surface area (Å²) in [6, 6.07) is 0. The summed E-state index contributed by atoms with van der Waals surface area (Å²) in [6.07, 6.45) is 1.43. The number of rotatable bonds is 0. The minimum Gasteiger partial charge on any atom is -0.297 e. The Morgan fingerprint density at radius 2 is 2.57 bits per heavy atom. The van der Waals surface area contributed by atoms with Crippen molar-refractivity contribution < 1.29 is 0 Å². The van der Waals surface area contributed by atoms with Crippen LogP contribution in [0.3, 0.4) is 0 Å². The molecule has 4 heteroatoms. The van der Waals surface area contributed by atoms with Crippen molar-refractivity contribution in [2.75, 3.05) is 0 Å². The number of aromatic nitrogens is 2. The predicted octanol–water partition coefficient (Wildman–Crippen LogP) is 1.09. The molecule has 1 aromatic rings. The van der Waals surface area contributed by atoms with Gasteiger partial charge in [-0.3, -0.25) is 10.8 Å². The Labute approximate surface area is 49.0 Å². The summed E-state index contributed by atoms with van der Waals surface area (Å²) >= 11 is 3.06. The lowest BCUT2D eigenvalue weighted by molar-refractivity contribution is 1.07. The van der Waals surface area contributed by atoms with Crippen LogP contribution in [0, 0.1) is 0 Å². The number of halogens is 1. The van der Waals surface area contributed by atoms with Crippen molar-refractivity contribution in [3.05, 3.63) is 10.8 Å². The Bertz CT molecular complexity index is 142. The number of nitrogens with one attached hydrogen (secondary N) is 2. The first-order valence-electron chi connectivity index (χ1n) is 1.71. The number of nitrogens with zero attached hydrogens (tertiary/aromatic N) is 1. The van der Waals surface area contributed by atoms with E-state index in [9.17, 15) is 0 Å². The second-order valence-electron chi connectivity index (χ2n) is 1.10. The first-order chi connectivity index (χ1) is 3.30. The van der Waals surface area contributed by atoms with Crippen molar-refractivity contribution in [3.63, 3.8) is 0 Å². The number of H-pyrrole nitrogens is 1. The third-order valence-electron chi connectivity index (χ3n) is 0.593. The summed E-state index contributed by atoms with van der Waals surface area (Å²) in [7, 11) is 0. The van der Waals surface area contributed by atoms with Gasteiger partial charge in [0, 0.05) is 0 Å². The van der Waals surface area contributed by atoms with E-state index in [1.54, 1.807) is 0 Å². The molecule has 2 N–H and O–H groups in total. The van der Waals surface area contributed by atoms with Gasteiger partial charge in [-0.25, -0.2) is 0 Å². The fraction of sp³-hybridized carbons (Fsp3) is 0. The predicted molar refractivity (Wildman–Crippen MR) is 29.0 cm³/mol. The van der Waals surface area contributed by atoms with Crippen LogP contribution in [0.25, 0.3) is 0 Å². The van der Waals surface area contributed by atoms with Crippen LogP contribution in [0.5, 0.6) is 0 Å². The number of hydrogen-bond donors (Lipinski definition) is 1. The molecule has 0 bridgehead atoms. The first kappa shape index (κ1) is 4.64. The van der Waals surface area contributed by atoms with Crippen LogP contribution in [0.15, 0.2) is 10.8 Å². The van der Waals surface area contributed by atoms with Crippen molar-refractivity contribution in [2.45, 2.75) is 0 Å². The molecule has 1 radical (unpaired) electrons. The molecule has 0 unspecified atom stereocenters. The number of aromatic amines is 1. The monoisotopic (exact) mass is 160 g/mol. The summed E-state index contributed by atoms with van der Waals surface area (Å²) < 4.78 is 0.632. The maximum Gasteiger partial charge on any atom is 0.125 e. The Balaban J connectivity index is 3.12. The first-order valence-corrected chi connectivity index (χ1v) is 2.50. The van der Waals surface area contributed by atoms with E-state index in [0.717, 1.165) is 0 Å². The average molecular weight is 161 g/mol. The summed E-state index contributed by atoms with van der Waals surface area (Å²) in [5.74, 6) is 0. The van der Waals surface area contributed by atoms with Gasteiger partial charge < -0.3 is 0 Å². The van der Waals surface area contributed by atoms with Gasteiger partial charge in [0.1, 0.15) is 10.3 Å². The van der Waals surface area contributed by atoms with Gasteiger partial charge in [0.15, 0.2) is 0 Å². The third-order valence-corrected chi connectivity index (χ3v) is 1.20. The molecule has 0 aliphatic heterocycles. The van der Waals surface area contributed by atoms with Crippen molar-refractivity contribution in [1.29, 1.82) is 0 Å². The van der Waals surface area contributed by atoms with Gasteiger partial charge in [-0.05, 0) is 15.9 Å². The van der Waals surface area contributed by atoms with Gasteiger partial charge in [-0.1, -0.05) is 0 Å². The molecule has 0 saturated heterocycles. The van der Waals surface area contributed by atoms with Crippen LogP contribution in [0.2, 0.25) is 0 Å². The molecular formula is C3H3BrN3. The second kappa shape index (κ2) is 1.54. The van der Waals surface area contributed by atoms with E-state index in [-0.39, 0.29) is 0 Å². The van der Waals surface area contributed by atoms with E-state index < -0.39 is 0 Å². The van der Waals surface area contributed by atoms with Gasteiger partial charge in [-0.15, -0.1) is 0 Å². The molecule has 0 aromatic carbocycles. The molecular weight excluding hydrogens is 158 g/mol. The van der Waals surface area contributed by atoms with Gasteiger partial charge in [0.05, 0.1) is 6.20 Å². The van der Waals surface area contributed by atoms with Gasteiger partial charge in [0.25, 0.3) is 0 Å². The quantitative estimate of drug-likeness (QED) is 0.608.